The number of unbranched alkanes of at least 4 members (excludes halogenated alkanes) is 34. The van der Waals surface area contributed by atoms with Gasteiger partial charge in [0.2, 0.25) is 0 Å². The maximum Gasteiger partial charge on any atom is 0.306 e. The Balaban J connectivity index is 4.22. The van der Waals surface area contributed by atoms with Gasteiger partial charge in [-0.3, -0.25) is 14.4 Å². The lowest BCUT2D eigenvalue weighted by Crippen LogP contribution is -2.30. The fourth-order valence-electron chi connectivity index (χ4n) is 7.38. The second kappa shape index (κ2) is 45.1. The first-order valence-corrected chi connectivity index (χ1v) is 24.5. The van der Waals surface area contributed by atoms with E-state index in [0.717, 1.165) is 57.8 Å². The normalized spacial score (nSPS) is 11.8. The largest absolute Gasteiger partial charge is 0.462 e. The molecular formula is C49H94O6. The summed E-state index contributed by atoms with van der Waals surface area (Å²) in [7, 11) is 0. The zero-order chi connectivity index (χ0) is 40.1. The first kappa shape index (κ1) is 53.4. The fourth-order valence-corrected chi connectivity index (χ4v) is 7.38. The van der Waals surface area contributed by atoms with Gasteiger partial charge in [0.05, 0.1) is 0 Å². The molecule has 0 aliphatic heterocycles. The SMILES string of the molecule is CCCCCCCCCCCCCCCCCCCC(=O)OCC(COC(=O)CCCCCCCCCC)OC(=O)CCCCCCCCCCCCCC. The molecule has 0 aliphatic carbocycles. The van der Waals surface area contributed by atoms with Crippen molar-refractivity contribution in [3.8, 4) is 0 Å². The van der Waals surface area contributed by atoms with E-state index < -0.39 is 6.10 Å². The second-order valence-electron chi connectivity index (χ2n) is 16.7. The molecule has 0 rings (SSSR count). The average molecular weight is 779 g/mol. The van der Waals surface area contributed by atoms with E-state index in [1.807, 2.05) is 0 Å². The van der Waals surface area contributed by atoms with Crippen LogP contribution in [0.4, 0.5) is 0 Å². The molecule has 0 bridgehead atoms. The Bertz CT molecular complexity index is 813. The van der Waals surface area contributed by atoms with Crippen molar-refractivity contribution in [2.45, 2.75) is 284 Å². The monoisotopic (exact) mass is 779 g/mol. The van der Waals surface area contributed by atoms with Gasteiger partial charge >= 0.3 is 17.9 Å². The van der Waals surface area contributed by atoms with Crippen LogP contribution in [0.3, 0.4) is 0 Å². The van der Waals surface area contributed by atoms with Crippen LogP contribution in [-0.2, 0) is 28.6 Å². The van der Waals surface area contributed by atoms with Gasteiger partial charge in [0.25, 0.3) is 0 Å². The number of carbonyl (C=O) groups is 3. The van der Waals surface area contributed by atoms with Gasteiger partial charge in [-0.15, -0.1) is 0 Å². The minimum atomic E-state index is -0.758. The quantitative estimate of drug-likeness (QED) is 0.0348. The van der Waals surface area contributed by atoms with E-state index >= 15 is 0 Å². The highest BCUT2D eigenvalue weighted by molar-refractivity contribution is 5.71. The Morgan fingerprint density at radius 3 is 0.727 bits per heavy atom. The van der Waals surface area contributed by atoms with Gasteiger partial charge in [-0.25, -0.2) is 0 Å². The molecule has 0 aliphatic rings. The lowest BCUT2D eigenvalue weighted by Gasteiger charge is -2.18. The lowest BCUT2D eigenvalue weighted by atomic mass is 10.0. The molecule has 0 aromatic rings. The third-order valence-electron chi connectivity index (χ3n) is 11.1. The lowest BCUT2D eigenvalue weighted by molar-refractivity contribution is -0.167. The summed E-state index contributed by atoms with van der Waals surface area (Å²) in [6.45, 7) is 6.64. The molecule has 6 nitrogen and oxygen atoms in total. The number of hydrogen-bond donors (Lipinski definition) is 0. The van der Waals surface area contributed by atoms with Crippen LogP contribution in [0.15, 0.2) is 0 Å². The van der Waals surface area contributed by atoms with Crippen LogP contribution in [0.1, 0.15) is 278 Å². The third kappa shape index (κ3) is 43.4. The summed E-state index contributed by atoms with van der Waals surface area (Å²) in [5.41, 5.74) is 0. The van der Waals surface area contributed by atoms with Crippen LogP contribution in [0.25, 0.3) is 0 Å². The van der Waals surface area contributed by atoms with Crippen molar-refractivity contribution in [1.29, 1.82) is 0 Å². The first-order valence-electron chi connectivity index (χ1n) is 24.5. The highest BCUT2D eigenvalue weighted by atomic mass is 16.6. The Morgan fingerprint density at radius 1 is 0.291 bits per heavy atom. The standard InChI is InChI=1S/C49H94O6/c1-4-7-10-13-16-19-21-23-24-25-26-27-29-30-33-36-39-42-48(51)54-45-46(44-53-47(50)41-38-35-32-18-15-12-9-6-3)55-49(52)43-40-37-34-31-28-22-20-17-14-11-8-5-2/h46H,4-45H2,1-3H3. The van der Waals surface area contributed by atoms with Gasteiger partial charge < -0.3 is 14.2 Å². The minimum Gasteiger partial charge on any atom is -0.462 e. The van der Waals surface area contributed by atoms with Gasteiger partial charge in [-0.1, -0.05) is 239 Å². The van der Waals surface area contributed by atoms with Crippen molar-refractivity contribution in [2.24, 2.45) is 0 Å². The molecule has 0 spiro atoms. The van der Waals surface area contributed by atoms with Crippen LogP contribution >= 0.6 is 0 Å². The zero-order valence-corrected chi connectivity index (χ0v) is 37.2. The number of rotatable bonds is 45. The summed E-state index contributed by atoms with van der Waals surface area (Å²) in [5, 5.41) is 0. The molecule has 0 N–H and O–H groups in total. The van der Waals surface area contributed by atoms with Crippen LogP contribution in [0, 0.1) is 0 Å². The summed E-state index contributed by atoms with van der Waals surface area (Å²) in [6.07, 6.45) is 46.6. The van der Waals surface area contributed by atoms with Crippen molar-refractivity contribution in [2.75, 3.05) is 13.2 Å². The van der Waals surface area contributed by atoms with Gasteiger partial charge in [0.1, 0.15) is 13.2 Å². The summed E-state index contributed by atoms with van der Waals surface area (Å²) in [5.74, 6) is -0.850. The highest BCUT2D eigenvalue weighted by Crippen LogP contribution is 2.16. The number of carbonyl (C=O) groups excluding carboxylic acids is 3. The minimum absolute atomic E-state index is 0.0625. The van der Waals surface area contributed by atoms with E-state index in [2.05, 4.69) is 20.8 Å². The van der Waals surface area contributed by atoms with Crippen molar-refractivity contribution < 1.29 is 28.6 Å². The van der Waals surface area contributed by atoms with Crippen molar-refractivity contribution in [3.05, 3.63) is 0 Å². The molecule has 0 saturated heterocycles. The van der Waals surface area contributed by atoms with Gasteiger partial charge in [0, 0.05) is 19.3 Å². The van der Waals surface area contributed by atoms with E-state index in [1.54, 1.807) is 0 Å². The predicted octanol–water partition coefficient (Wildman–Crippen LogP) is 15.6. The molecule has 55 heavy (non-hydrogen) atoms. The average Bonchev–Trinajstić information content (AvgIpc) is 3.18. The van der Waals surface area contributed by atoms with Gasteiger partial charge in [-0.2, -0.15) is 0 Å². The number of ether oxygens (including phenoxy) is 3. The van der Waals surface area contributed by atoms with Gasteiger partial charge in [-0.05, 0) is 19.3 Å². The zero-order valence-electron chi connectivity index (χ0n) is 37.2. The second-order valence-corrected chi connectivity index (χ2v) is 16.7. The van der Waals surface area contributed by atoms with Crippen LogP contribution in [0.5, 0.6) is 0 Å². The molecule has 0 saturated carbocycles. The fraction of sp³-hybridized carbons (Fsp3) is 0.939. The van der Waals surface area contributed by atoms with Crippen molar-refractivity contribution in [3.63, 3.8) is 0 Å². The molecular weight excluding hydrogens is 685 g/mol. The number of esters is 3. The summed E-state index contributed by atoms with van der Waals surface area (Å²) in [4.78, 5) is 37.7. The predicted molar refractivity (Wildman–Crippen MR) is 233 cm³/mol. The van der Waals surface area contributed by atoms with Crippen LogP contribution in [0.2, 0.25) is 0 Å². The molecule has 0 heterocycles. The number of hydrogen-bond acceptors (Lipinski definition) is 6. The summed E-state index contributed by atoms with van der Waals surface area (Å²) in [6, 6.07) is 0. The van der Waals surface area contributed by atoms with Crippen molar-refractivity contribution in [1.82, 2.24) is 0 Å². The Morgan fingerprint density at radius 2 is 0.491 bits per heavy atom. The molecule has 1 atom stereocenters. The summed E-state index contributed by atoms with van der Waals surface area (Å²) >= 11 is 0. The van der Waals surface area contributed by atoms with E-state index in [1.165, 1.54) is 180 Å². The van der Waals surface area contributed by atoms with Crippen LogP contribution < -0.4 is 0 Å². The molecule has 1 unspecified atom stereocenters. The molecule has 0 fully saturated rings. The first-order chi connectivity index (χ1) is 27.0. The molecule has 0 aromatic heterocycles. The smallest absolute Gasteiger partial charge is 0.306 e. The summed E-state index contributed by atoms with van der Waals surface area (Å²) < 4.78 is 16.7. The maximum absolute atomic E-state index is 12.7. The Hall–Kier alpha value is -1.59. The molecule has 326 valence electrons. The maximum atomic E-state index is 12.7. The highest BCUT2D eigenvalue weighted by Gasteiger charge is 2.19. The van der Waals surface area contributed by atoms with E-state index in [9.17, 15) is 14.4 Å². The van der Waals surface area contributed by atoms with E-state index in [-0.39, 0.29) is 31.1 Å². The Labute approximate surface area is 342 Å². The Kier molecular flexibility index (Phi) is 43.8. The van der Waals surface area contributed by atoms with E-state index in [4.69, 9.17) is 14.2 Å². The van der Waals surface area contributed by atoms with Crippen LogP contribution in [-0.4, -0.2) is 37.2 Å². The molecule has 0 amide bonds. The van der Waals surface area contributed by atoms with Gasteiger partial charge in [0.15, 0.2) is 6.10 Å². The topological polar surface area (TPSA) is 78.9 Å². The third-order valence-corrected chi connectivity index (χ3v) is 11.1. The van der Waals surface area contributed by atoms with Crippen molar-refractivity contribution >= 4 is 17.9 Å². The molecule has 6 heteroatoms. The molecule has 0 radical (unpaired) electrons. The molecule has 0 aromatic carbocycles. The van der Waals surface area contributed by atoms with E-state index in [0.29, 0.717) is 19.3 Å².